The van der Waals surface area contributed by atoms with Gasteiger partial charge in [-0.05, 0) is 47.6 Å². The molecular formula is C18H21ClO. The highest BCUT2D eigenvalue weighted by Gasteiger charge is 2.11. The Hall–Kier alpha value is -1.31. The molecule has 1 nitrogen and oxygen atoms in total. The van der Waals surface area contributed by atoms with E-state index < -0.39 is 6.10 Å². The SMILES string of the molecule is Cc1ccc(C(O)c2ccc(CC(C)C)cc2)cc1Cl. The topological polar surface area (TPSA) is 20.2 Å². The van der Waals surface area contributed by atoms with E-state index in [1.54, 1.807) is 0 Å². The number of hydrogen-bond donors (Lipinski definition) is 1. The van der Waals surface area contributed by atoms with Gasteiger partial charge in [0.05, 0.1) is 0 Å². The van der Waals surface area contributed by atoms with E-state index in [-0.39, 0.29) is 0 Å². The normalized spacial score (nSPS) is 12.7. The Morgan fingerprint density at radius 3 is 2.15 bits per heavy atom. The van der Waals surface area contributed by atoms with Gasteiger partial charge in [0.2, 0.25) is 0 Å². The molecule has 0 bridgehead atoms. The average molecular weight is 289 g/mol. The molecule has 0 spiro atoms. The lowest BCUT2D eigenvalue weighted by Crippen LogP contribution is -2.01. The molecule has 0 aliphatic carbocycles. The van der Waals surface area contributed by atoms with Crippen LogP contribution in [-0.4, -0.2) is 5.11 Å². The number of halogens is 1. The smallest absolute Gasteiger partial charge is 0.104 e. The fraction of sp³-hybridized carbons (Fsp3) is 0.333. The quantitative estimate of drug-likeness (QED) is 0.846. The van der Waals surface area contributed by atoms with E-state index >= 15 is 0 Å². The van der Waals surface area contributed by atoms with Crippen molar-refractivity contribution < 1.29 is 5.11 Å². The lowest BCUT2D eigenvalue weighted by Gasteiger charge is -2.14. The maximum Gasteiger partial charge on any atom is 0.104 e. The van der Waals surface area contributed by atoms with Gasteiger partial charge in [0.25, 0.3) is 0 Å². The third-order valence-corrected chi connectivity index (χ3v) is 3.86. The van der Waals surface area contributed by atoms with Gasteiger partial charge in [-0.3, -0.25) is 0 Å². The molecule has 0 fully saturated rings. The number of rotatable bonds is 4. The second-order valence-corrected chi connectivity index (χ2v) is 6.16. The summed E-state index contributed by atoms with van der Waals surface area (Å²) < 4.78 is 0. The molecule has 0 aliphatic heterocycles. The molecule has 20 heavy (non-hydrogen) atoms. The minimum absolute atomic E-state index is 0.624. The molecule has 0 heterocycles. The van der Waals surface area contributed by atoms with Crippen molar-refractivity contribution in [3.8, 4) is 0 Å². The predicted octanol–water partition coefficient (Wildman–Crippen LogP) is 4.93. The third kappa shape index (κ3) is 3.62. The summed E-state index contributed by atoms with van der Waals surface area (Å²) in [5.41, 5.74) is 4.06. The lowest BCUT2D eigenvalue weighted by molar-refractivity contribution is 0.220. The van der Waals surface area contributed by atoms with Crippen LogP contribution < -0.4 is 0 Å². The standard InChI is InChI=1S/C18H21ClO/c1-12(2)10-14-5-8-15(9-6-14)18(20)16-7-4-13(3)17(19)11-16/h4-9,11-12,18,20H,10H2,1-3H3. The number of aliphatic hydroxyl groups is 1. The van der Waals surface area contributed by atoms with Crippen LogP contribution in [0.3, 0.4) is 0 Å². The van der Waals surface area contributed by atoms with Crippen LogP contribution in [0, 0.1) is 12.8 Å². The summed E-state index contributed by atoms with van der Waals surface area (Å²) in [6.07, 6.45) is 0.438. The van der Waals surface area contributed by atoms with Gasteiger partial charge in [-0.25, -0.2) is 0 Å². The molecule has 2 aromatic rings. The van der Waals surface area contributed by atoms with Crippen LogP contribution >= 0.6 is 11.6 Å². The van der Waals surface area contributed by atoms with Crippen molar-refractivity contribution in [1.29, 1.82) is 0 Å². The van der Waals surface area contributed by atoms with Crippen molar-refractivity contribution in [2.45, 2.75) is 33.3 Å². The monoisotopic (exact) mass is 288 g/mol. The molecule has 1 N–H and O–H groups in total. The highest BCUT2D eigenvalue weighted by atomic mass is 35.5. The van der Waals surface area contributed by atoms with Gasteiger partial charge in [-0.15, -0.1) is 0 Å². The predicted molar refractivity (Wildman–Crippen MR) is 85.2 cm³/mol. The van der Waals surface area contributed by atoms with E-state index in [2.05, 4.69) is 26.0 Å². The zero-order chi connectivity index (χ0) is 14.7. The summed E-state index contributed by atoms with van der Waals surface area (Å²) in [5.74, 6) is 0.640. The van der Waals surface area contributed by atoms with Crippen LogP contribution in [0.25, 0.3) is 0 Å². The van der Waals surface area contributed by atoms with Crippen molar-refractivity contribution in [3.05, 3.63) is 69.7 Å². The van der Waals surface area contributed by atoms with Gasteiger partial charge in [0.15, 0.2) is 0 Å². The van der Waals surface area contributed by atoms with Gasteiger partial charge in [0, 0.05) is 5.02 Å². The fourth-order valence-electron chi connectivity index (χ4n) is 2.28. The molecule has 0 aliphatic rings. The minimum Gasteiger partial charge on any atom is -0.384 e. The van der Waals surface area contributed by atoms with Crippen molar-refractivity contribution in [1.82, 2.24) is 0 Å². The highest BCUT2D eigenvalue weighted by Crippen LogP contribution is 2.26. The zero-order valence-electron chi connectivity index (χ0n) is 12.2. The first-order valence-corrected chi connectivity index (χ1v) is 7.38. The van der Waals surface area contributed by atoms with Crippen LogP contribution in [0.4, 0.5) is 0 Å². The van der Waals surface area contributed by atoms with E-state index in [1.165, 1.54) is 5.56 Å². The Morgan fingerprint density at radius 1 is 1.00 bits per heavy atom. The number of aryl methyl sites for hydroxylation is 1. The summed E-state index contributed by atoms with van der Waals surface area (Å²) in [5, 5.41) is 11.1. The van der Waals surface area contributed by atoms with Crippen molar-refractivity contribution in [2.75, 3.05) is 0 Å². The van der Waals surface area contributed by atoms with Gasteiger partial charge in [-0.1, -0.05) is 61.8 Å². The van der Waals surface area contributed by atoms with Crippen LogP contribution in [0.15, 0.2) is 42.5 Å². The molecule has 1 unspecified atom stereocenters. The summed E-state index contributed by atoms with van der Waals surface area (Å²) in [4.78, 5) is 0. The first-order valence-electron chi connectivity index (χ1n) is 7.00. The molecule has 0 amide bonds. The Morgan fingerprint density at radius 2 is 1.60 bits per heavy atom. The van der Waals surface area contributed by atoms with Gasteiger partial charge >= 0.3 is 0 Å². The van der Waals surface area contributed by atoms with E-state index in [4.69, 9.17) is 11.6 Å². The van der Waals surface area contributed by atoms with Crippen molar-refractivity contribution in [3.63, 3.8) is 0 Å². The largest absolute Gasteiger partial charge is 0.384 e. The summed E-state index contributed by atoms with van der Waals surface area (Å²) in [6, 6.07) is 13.9. The molecule has 2 heteroatoms. The Kier molecular flexibility index (Phi) is 4.85. The first kappa shape index (κ1) is 15.1. The second kappa shape index (κ2) is 6.43. The summed E-state index contributed by atoms with van der Waals surface area (Å²) in [7, 11) is 0. The van der Waals surface area contributed by atoms with Crippen LogP contribution in [0.5, 0.6) is 0 Å². The van der Waals surface area contributed by atoms with Gasteiger partial charge in [0.1, 0.15) is 6.10 Å². The number of benzene rings is 2. The molecule has 1 atom stereocenters. The molecule has 2 rings (SSSR count). The van der Waals surface area contributed by atoms with Crippen LogP contribution in [0.2, 0.25) is 5.02 Å². The minimum atomic E-state index is -0.624. The molecule has 0 radical (unpaired) electrons. The Balaban J connectivity index is 2.20. The van der Waals surface area contributed by atoms with Crippen molar-refractivity contribution >= 4 is 11.6 Å². The number of aliphatic hydroxyl groups excluding tert-OH is 1. The maximum atomic E-state index is 10.4. The van der Waals surface area contributed by atoms with E-state index in [9.17, 15) is 5.11 Å². The molecule has 2 aromatic carbocycles. The van der Waals surface area contributed by atoms with Crippen molar-refractivity contribution in [2.24, 2.45) is 5.92 Å². The van der Waals surface area contributed by atoms with Crippen LogP contribution in [-0.2, 0) is 6.42 Å². The lowest BCUT2D eigenvalue weighted by atomic mass is 9.97. The summed E-state index contributed by atoms with van der Waals surface area (Å²) >= 11 is 6.12. The van der Waals surface area contributed by atoms with E-state index in [0.29, 0.717) is 10.9 Å². The Labute approximate surface area is 126 Å². The zero-order valence-corrected chi connectivity index (χ0v) is 13.0. The first-order chi connectivity index (χ1) is 9.47. The maximum absolute atomic E-state index is 10.4. The molecule has 0 aromatic heterocycles. The third-order valence-electron chi connectivity index (χ3n) is 3.45. The van der Waals surface area contributed by atoms with Gasteiger partial charge < -0.3 is 5.11 Å². The molecule has 0 saturated heterocycles. The number of hydrogen-bond acceptors (Lipinski definition) is 1. The van der Waals surface area contributed by atoms with Crippen LogP contribution in [0.1, 0.15) is 42.2 Å². The molecular weight excluding hydrogens is 268 g/mol. The highest BCUT2D eigenvalue weighted by molar-refractivity contribution is 6.31. The van der Waals surface area contributed by atoms with Gasteiger partial charge in [-0.2, -0.15) is 0 Å². The Bertz CT molecular complexity index is 572. The van der Waals surface area contributed by atoms with E-state index in [0.717, 1.165) is 23.1 Å². The average Bonchev–Trinajstić information content (AvgIpc) is 2.41. The van der Waals surface area contributed by atoms with E-state index in [1.807, 2.05) is 37.3 Å². The molecule has 106 valence electrons. The second-order valence-electron chi connectivity index (χ2n) is 5.75. The molecule has 0 saturated carbocycles. The summed E-state index contributed by atoms with van der Waals surface area (Å²) in [6.45, 7) is 6.37. The fourth-order valence-corrected chi connectivity index (χ4v) is 2.47.